The van der Waals surface area contributed by atoms with Crippen molar-refractivity contribution in [1.29, 1.82) is 0 Å². The molecule has 1 N–H and O–H groups in total. The molecule has 0 aromatic heterocycles. The van der Waals surface area contributed by atoms with Crippen LogP contribution in [0, 0.1) is 19.8 Å². The van der Waals surface area contributed by atoms with Crippen molar-refractivity contribution in [1.82, 2.24) is 10.2 Å². The predicted octanol–water partition coefficient (Wildman–Crippen LogP) is 7.26. The molecule has 0 aliphatic carbocycles. The number of carbonyl (C=O) groups is 2. The van der Waals surface area contributed by atoms with Crippen molar-refractivity contribution < 1.29 is 9.59 Å². The van der Waals surface area contributed by atoms with Gasteiger partial charge in [0.05, 0.1) is 5.75 Å². The van der Waals surface area contributed by atoms with E-state index in [9.17, 15) is 9.59 Å². The van der Waals surface area contributed by atoms with Crippen LogP contribution in [0.5, 0.6) is 0 Å². The smallest absolute Gasteiger partial charge is 0.243 e. The Morgan fingerprint density at radius 2 is 1.53 bits per heavy atom. The van der Waals surface area contributed by atoms with Crippen LogP contribution in [-0.4, -0.2) is 35.1 Å². The fraction of sp³-hybridized carbons (Fsp3) is 0.355. The zero-order chi connectivity index (χ0) is 27.7. The Morgan fingerprint density at radius 1 is 0.895 bits per heavy atom. The summed E-state index contributed by atoms with van der Waals surface area (Å²) in [5.41, 5.74) is 5.19. The van der Waals surface area contributed by atoms with Gasteiger partial charge in [-0.25, -0.2) is 0 Å². The molecule has 1 unspecified atom stereocenters. The number of amides is 2. The largest absolute Gasteiger partial charge is 0.354 e. The number of benzene rings is 3. The first-order valence-corrected chi connectivity index (χ1v) is 14.7. The lowest BCUT2D eigenvalue weighted by Gasteiger charge is -2.32. The summed E-state index contributed by atoms with van der Waals surface area (Å²) in [6.07, 6.45) is 0.389. The van der Waals surface area contributed by atoms with Gasteiger partial charge in [0.25, 0.3) is 0 Å². The standard InChI is InChI=1S/C31H36Cl2N2O2S/c1-21(2)17-34-31(37)29(16-24-9-6-5-7-10-24)35(18-26-27(32)11-8-12-28(26)33)30(36)20-38-19-25-14-22(3)13-23(4)15-25/h5-15,21,29H,16-20H2,1-4H3,(H,34,37). The van der Waals surface area contributed by atoms with E-state index in [4.69, 9.17) is 23.2 Å². The van der Waals surface area contributed by atoms with Crippen LogP contribution < -0.4 is 5.32 Å². The van der Waals surface area contributed by atoms with Crippen LogP contribution in [0.15, 0.2) is 66.7 Å². The summed E-state index contributed by atoms with van der Waals surface area (Å²) in [7, 11) is 0. The maximum atomic E-state index is 13.8. The van der Waals surface area contributed by atoms with Gasteiger partial charge >= 0.3 is 0 Å². The SMILES string of the molecule is Cc1cc(C)cc(CSCC(=O)N(Cc2c(Cl)cccc2Cl)C(Cc2ccccc2)C(=O)NCC(C)C)c1. The molecule has 7 heteroatoms. The number of hydrogen-bond acceptors (Lipinski definition) is 3. The van der Waals surface area contributed by atoms with Crippen molar-refractivity contribution in [3.05, 3.63) is 105 Å². The van der Waals surface area contributed by atoms with E-state index < -0.39 is 6.04 Å². The summed E-state index contributed by atoms with van der Waals surface area (Å²) in [5, 5.41) is 3.98. The third-order valence-electron chi connectivity index (χ3n) is 6.12. The highest BCUT2D eigenvalue weighted by Gasteiger charge is 2.31. The van der Waals surface area contributed by atoms with E-state index in [2.05, 4.69) is 37.4 Å². The van der Waals surface area contributed by atoms with Crippen molar-refractivity contribution >= 4 is 46.8 Å². The van der Waals surface area contributed by atoms with Gasteiger partial charge in [0.1, 0.15) is 6.04 Å². The van der Waals surface area contributed by atoms with E-state index in [0.717, 1.165) is 5.56 Å². The van der Waals surface area contributed by atoms with Crippen LogP contribution >= 0.6 is 35.0 Å². The average molecular weight is 572 g/mol. The fourth-order valence-corrected chi connectivity index (χ4v) is 5.68. The van der Waals surface area contributed by atoms with Crippen LogP contribution in [0.1, 0.15) is 41.7 Å². The number of halogens is 2. The lowest BCUT2D eigenvalue weighted by Crippen LogP contribution is -2.51. The first-order chi connectivity index (χ1) is 18.1. The van der Waals surface area contributed by atoms with E-state index in [1.54, 1.807) is 34.9 Å². The van der Waals surface area contributed by atoms with Crippen LogP contribution in [0.2, 0.25) is 10.0 Å². The van der Waals surface area contributed by atoms with Gasteiger partial charge < -0.3 is 10.2 Å². The Hall–Kier alpha value is -2.47. The first-order valence-electron chi connectivity index (χ1n) is 12.8. The molecule has 0 aliphatic heterocycles. The highest BCUT2D eigenvalue weighted by molar-refractivity contribution is 7.99. The second-order valence-electron chi connectivity index (χ2n) is 10.1. The Morgan fingerprint density at radius 3 is 2.13 bits per heavy atom. The molecule has 0 aliphatic rings. The summed E-state index contributed by atoms with van der Waals surface area (Å²) in [6.45, 7) is 8.91. The van der Waals surface area contributed by atoms with Gasteiger partial charge in [-0.1, -0.05) is 103 Å². The zero-order valence-corrected chi connectivity index (χ0v) is 24.8. The van der Waals surface area contributed by atoms with E-state index in [1.165, 1.54) is 16.7 Å². The molecule has 3 aromatic rings. The second kappa shape index (κ2) is 14.6. The number of hydrogen-bond donors (Lipinski definition) is 1. The van der Waals surface area contributed by atoms with Crippen LogP contribution in [-0.2, 0) is 28.3 Å². The van der Waals surface area contributed by atoms with E-state index >= 15 is 0 Å². The Labute approximate surface area is 241 Å². The lowest BCUT2D eigenvalue weighted by atomic mass is 10.0. The Balaban J connectivity index is 1.89. The van der Waals surface area contributed by atoms with Crippen LogP contribution in [0.4, 0.5) is 0 Å². The van der Waals surface area contributed by atoms with Gasteiger partial charge in [0.2, 0.25) is 11.8 Å². The first kappa shape index (κ1) is 30.1. The monoisotopic (exact) mass is 570 g/mol. The molecule has 0 saturated carbocycles. The topological polar surface area (TPSA) is 49.4 Å². The highest BCUT2D eigenvalue weighted by atomic mass is 35.5. The van der Waals surface area contributed by atoms with Gasteiger partial charge in [0.15, 0.2) is 0 Å². The van der Waals surface area contributed by atoms with Gasteiger partial charge in [-0.15, -0.1) is 11.8 Å². The van der Waals surface area contributed by atoms with E-state index in [0.29, 0.717) is 34.3 Å². The van der Waals surface area contributed by atoms with Crippen molar-refractivity contribution in [2.75, 3.05) is 12.3 Å². The number of rotatable bonds is 12. The number of aryl methyl sites for hydroxylation is 2. The van der Waals surface area contributed by atoms with Crippen molar-refractivity contribution in [2.45, 2.75) is 52.5 Å². The maximum absolute atomic E-state index is 13.8. The average Bonchev–Trinajstić information content (AvgIpc) is 2.86. The minimum atomic E-state index is -0.710. The number of thioether (sulfide) groups is 1. The molecule has 0 heterocycles. The molecule has 0 bridgehead atoms. The van der Waals surface area contributed by atoms with Crippen LogP contribution in [0.3, 0.4) is 0 Å². The van der Waals surface area contributed by atoms with Crippen LogP contribution in [0.25, 0.3) is 0 Å². The summed E-state index contributed by atoms with van der Waals surface area (Å²) in [5.74, 6) is 0.913. The summed E-state index contributed by atoms with van der Waals surface area (Å²) < 4.78 is 0. The summed E-state index contributed by atoms with van der Waals surface area (Å²) in [4.78, 5) is 29.0. The van der Waals surface area contributed by atoms with Crippen molar-refractivity contribution in [3.8, 4) is 0 Å². The summed E-state index contributed by atoms with van der Waals surface area (Å²) in [6, 6.07) is 20.8. The molecule has 3 aromatic carbocycles. The van der Waals surface area contributed by atoms with Gasteiger partial charge in [0, 0.05) is 40.9 Å². The van der Waals surface area contributed by atoms with Crippen molar-refractivity contribution in [2.24, 2.45) is 5.92 Å². The molecule has 2 amide bonds. The zero-order valence-electron chi connectivity index (χ0n) is 22.5. The fourth-order valence-electron chi connectivity index (χ4n) is 4.32. The molecular weight excluding hydrogens is 535 g/mol. The molecule has 38 heavy (non-hydrogen) atoms. The molecule has 0 fully saturated rings. The van der Waals surface area contributed by atoms with E-state index in [-0.39, 0.29) is 30.0 Å². The lowest BCUT2D eigenvalue weighted by molar-refractivity contribution is -0.139. The van der Waals surface area contributed by atoms with Gasteiger partial charge in [-0.2, -0.15) is 0 Å². The second-order valence-corrected chi connectivity index (χ2v) is 11.9. The summed E-state index contributed by atoms with van der Waals surface area (Å²) >= 11 is 14.6. The molecule has 0 spiro atoms. The van der Waals surface area contributed by atoms with E-state index in [1.807, 2.05) is 44.2 Å². The number of carbonyl (C=O) groups excluding carboxylic acids is 2. The van der Waals surface area contributed by atoms with Crippen molar-refractivity contribution in [3.63, 3.8) is 0 Å². The molecule has 3 rings (SSSR count). The molecule has 4 nitrogen and oxygen atoms in total. The Bertz CT molecular complexity index is 1190. The molecule has 0 radical (unpaired) electrons. The normalized spacial score (nSPS) is 11.9. The predicted molar refractivity (Wildman–Crippen MR) is 161 cm³/mol. The Kier molecular flexibility index (Phi) is 11.6. The third-order valence-corrected chi connectivity index (χ3v) is 7.82. The molecular formula is C31H36Cl2N2O2S. The quantitative estimate of drug-likeness (QED) is 0.249. The highest BCUT2D eigenvalue weighted by Crippen LogP contribution is 2.28. The minimum Gasteiger partial charge on any atom is -0.354 e. The molecule has 0 saturated heterocycles. The third kappa shape index (κ3) is 9.07. The molecule has 1 atom stereocenters. The maximum Gasteiger partial charge on any atom is 0.243 e. The number of nitrogens with zero attached hydrogens (tertiary/aromatic N) is 1. The molecule has 202 valence electrons. The number of nitrogens with one attached hydrogen (secondary N) is 1. The minimum absolute atomic E-state index is 0.129. The van der Waals surface area contributed by atoms with Gasteiger partial charge in [-0.05, 0) is 43.0 Å². The van der Waals surface area contributed by atoms with Gasteiger partial charge in [-0.3, -0.25) is 9.59 Å².